The van der Waals surface area contributed by atoms with Crippen LogP contribution in [0.3, 0.4) is 0 Å². The number of nitrogens with one attached hydrogen (secondary N) is 1. The molecule has 1 unspecified atom stereocenters. The van der Waals surface area contributed by atoms with Crippen LogP contribution >= 0.6 is 11.6 Å². The molecule has 20 heavy (non-hydrogen) atoms. The lowest BCUT2D eigenvalue weighted by Gasteiger charge is -2.18. The first-order chi connectivity index (χ1) is 9.43. The van der Waals surface area contributed by atoms with Gasteiger partial charge in [0.2, 0.25) is 0 Å². The number of likely N-dealkylation sites (N-methyl/N-ethyl adjacent to an activating group) is 1. The molecule has 0 saturated carbocycles. The van der Waals surface area contributed by atoms with Crippen LogP contribution in [0.1, 0.15) is 22.8 Å². The molecule has 2 N–H and O–H groups in total. The van der Waals surface area contributed by atoms with E-state index in [2.05, 4.69) is 17.2 Å². The Morgan fingerprint density at radius 1 is 1.50 bits per heavy atom. The molecule has 0 aromatic heterocycles. The summed E-state index contributed by atoms with van der Waals surface area (Å²) in [5.74, 6) is 5.08. The smallest absolute Gasteiger partial charge is 0.251 e. The van der Waals surface area contributed by atoms with Crippen molar-refractivity contribution in [1.82, 2.24) is 10.2 Å². The SMILES string of the molecule is CC(CN(C)C)NC(=O)c1ccc(C#CCO)c(Cl)c1. The Bertz CT molecular complexity index is 532. The molecule has 0 fully saturated rings. The molecule has 0 aliphatic heterocycles. The average Bonchev–Trinajstić information content (AvgIpc) is 2.36. The zero-order valence-corrected chi connectivity index (χ0v) is 12.7. The van der Waals surface area contributed by atoms with Gasteiger partial charge in [0.25, 0.3) is 5.91 Å². The number of carbonyl (C=O) groups is 1. The summed E-state index contributed by atoms with van der Waals surface area (Å²) in [4.78, 5) is 14.1. The molecule has 0 aliphatic carbocycles. The molecule has 1 aromatic carbocycles. The Balaban J connectivity index is 2.77. The van der Waals surface area contributed by atoms with E-state index in [9.17, 15) is 4.79 Å². The second-order valence-electron chi connectivity index (χ2n) is 4.79. The van der Waals surface area contributed by atoms with E-state index < -0.39 is 0 Å². The Hall–Kier alpha value is -1.54. The number of rotatable bonds is 4. The highest BCUT2D eigenvalue weighted by atomic mass is 35.5. The monoisotopic (exact) mass is 294 g/mol. The summed E-state index contributed by atoms with van der Waals surface area (Å²) in [5, 5.41) is 12.0. The Morgan fingerprint density at radius 2 is 2.20 bits per heavy atom. The van der Waals surface area contributed by atoms with Gasteiger partial charge < -0.3 is 15.3 Å². The third-order valence-electron chi connectivity index (χ3n) is 2.55. The third-order valence-corrected chi connectivity index (χ3v) is 2.86. The first-order valence-corrected chi connectivity index (χ1v) is 6.66. The van der Waals surface area contributed by atoms with Crippen LogP contribution in [0.4, 0.5) is 0 Å². The van der Waals surface area contributed by atoms with Crippen LogP contribution in [-0.4, -0.2) is 49.2 Å². The van der Waals surface area contributed by atoms with Gasteiger partial charge in [-0.05, 0) is 39.2 Å². The molecule has 0 spiro atoms. The Morgan fingerprint density at radius 3 is 2.75 bits per heavy atom. The second kappa shape index (κ2) is 7.91. The fourth-order valence-corrected chi connectivity index (χ4v) is 2.02. The van der Waals surface area contributed by atoms with Gasteiger partial charge in [-0.15, -0.1) is 0 Å². The zero-order chi connectivity index (χ0) is 15.1. The summed E-state index contributed by atoms with van der Waals surface area (Å²) in [6, 6.07) is 4.98. The van der Waals surface area contributed by atoms with Gasteiger partial charge in [0.05, 0.1) is 5.02 Å². The normalized spacial score (nSPS) is 11.7. The topological polar surface area (TPSA) is 52.6 Å². The lowest BCUT2D eigenvalue weighted by molar-refractivity contribution is 0.0934. The molecule has 1 atom stereocenters. The van der Waals surface area contributed by atoms with Gasteiger partial charge in [0, 0.05) is 23.7 Å². The maximum absolute atomic E-state index is 12.0. The van der Waals surface area contributed by atoms with Gasteiger partial charge >= 0.3 is 0 Å². The lowest BCUT2D eigenvalue weighted by Crippen LogP contribution is -2.39. The zero-order valence-electron chi connectivity index (χ0n) is 11.9. The highest BCUT2D eigenvalue weighted by Gasteiger charge is 2.11. The van der Waals surface area contributed by atoms with E-state index in [0.29, 0.717) is 16.1 Å². The molecule has 1 rings (SSSR count). The largest absolute Gasteiger partial charge is 0.384 e. The number of amides is 1. The van der Waals surface area contributed by atoms with Crippen molar-refractivity contribution in [2.45, 2.75) is 13.0 Å². The minimum absolute atomic E-state index is 0.0464. The van der Waals surface area contributed by atoms with Gasteiger partial charge in [-0.25, -0.2) is 0 Å². The minimum atomic E-state index is -0.222. The highest BCUT2D eigenvalue weighted by molar-refractivity contribution is 6.32. The number of nitrogens with zero attached hydrogens (tertiary/aromatic N) is 1. The van der Waals surface area contributed by atoms with E-state index in [1.165, 1.54) is 0 Å². The maximum atomic E-state index is 12.0. The van der Waals surface area contributed by atoms with Gasteiger partial charge in [-0.3, -0.25) is 4.79 Å². The van der Waals surface area contributed by atoms with Gasteiger partial charge in [-0.2, -0.15) is 0 Å². The number of carbonyl (C=O) groups excluding carboxylic acids is 1. The highest BCUT2D eigenvalue weighted by Crippen LogP contribution is 2.17. The van der Waals surface area contributed by atoms with Gasteiger partial charge in [0.1, 0.15) is 6.61 Å². The van der Waals surface area contributed by atoms with Crippen LogP contribution in [0.25, 0.3) is 0 Å². The predicted octanol–water partition coefficient (Wildman–Crippen LogP) is 1.36. The van der Waals surface area contributed by atoms with Crippen LogP contribution in [0.5, 0.6) is 0 Å². The third kappa shape index (κ3) is 5.22. The standard InChI is InChI=1S/C15H19ClN2O2/c1-11(10-18(2)3)17-15(20)13-7-6-12(5-4-8-19)14(16)9-13/h6-7,9,11,19H,8,10H2,1-3H3,(H,17,20). The first-order valence-electron chi connectivity index (χ1n) is 6.29. The van der Waals surface area contributed by atoms with E-state index in [1.807, 2.05) is 25.9 Å². The van der Waals surface area contributed by atoms with Crippen LogP contribution in [-0.2, 0) is 0 Å². The number of halogens is 1. The second-order valence-corrected chi connectivity index (χ2v) is 5.20. The summed E-state index contributed by atoms with van der Waals surface area (Å²) in [7, 11) is 3.91. The molecule has 0 heterocycles. The van der Waals surface area contributed by atoms with Gasteiger partial charge in [-0.1, -0.05) is 23.4 Å². The van der Waals surface area contributed by atoms with E-state index in [1.54, 1.807) is 18.2 Å². The number of hydrogen-bond acceptors (Lipinski definition) is 3. The van der Waals surface area contributed by atoms with Crippen molar-refractivity contribution in [1.29, 1.82) is 0 Å². The maximum Gasteiger partial charge on any atom is 0.251 e. The summed E-state index contributed by atoms with van der Waals surface area (Å²) in [5.41, 5.74) is 1.09. The lowest BCUT2D eigenvalue weighted by atomic mass is 10.1. The fourth-order valence-electron chi connectivity index (χ4n) is 1.79. The number of hydrogen-bond donors (Lipinski definition) is 2. The Kier molecular flexibility index (Phi) is 6.53. The molecule has 0 saturated heterocycles. The molecule has 0 aliphatic rings. The summed E-state index contributed by atoms with van der Waals surface area (Å²) >= 11 is 6.06. The van der Waals surface area contributed by atoms with E-state index >= 15 is 0 Å². The van der Waals surface area contributed by atoms with Crippen molar-refractivity contribution >= 4 is 17.5 Å². The fraction of sp³-hybridized carbons (Fsp3) is 0.400. The molecule has 4 nitrogen and oxygen atoms in total. The molecule has 0 radical (unpaired) electrons. The minimum Gasteiger partial charge on any atom is -0.384 e. The van der Waals surface area contributed by atoms with Crippen molar-refractivity contribution in [3.05, 3.63) is 34.3 Å². The summed E-state index contributed by atoms with van der Waals surface area (Å²) in [6.07, 6.45) is 0. The van der Waals surface area contributed by atoms with Crippen LogP contribution < -0.4 is 5.32 Å². The van der Waals surface area contributed by atoms with Crippen molar-refractivity contribution in [3.63, 3.8) is 0 Å². The quantitative estimate of drug-likeness (QED) is 0.825. The van der Waals surface area contributed by atoms with E-state index in [4.69, 9.17) is 16.7 Å². The first kappa shape index (κ1) is 16.5. The Labute approximate surface area is 124 Å². The summed E-state index contributed by atoms with van der Waals surface area (Å²) < 4.78 is 0. The molecular weight excluding hydrogens is 276 g/mol. The molecule has 0 bridgehead atoms. The molecule has 108 valence electrons. The number of benzene rings is 1. The van der Waals surface area contributed by atoms with E-state index in [0.717, 1.165) is 6.54 Å². The van der Waals surface area contributed by atoms with Crippen molar-refractivity contribution in [3.8, 4) is 11.8 Å². The van der Waals surface area contributed by atoms with Crippen LogP contribution in [0.2, 0.25) is 5.02 Å². The van der Waals surface area contributed by atoms with Gasteiger partial charge in [0.15, 0.2) is 0 Å². The van der Waals surface area contributed by atoms with Crippen LogP contribution in [0, 0.1) is 11.8 Å². The van der Waals surface area contributed by atoms with Crippen molar-refractivity contribution in [2.24, 2.45) is 0 Å². The number of aliphatic hydroxyl groups is 1. The molecule has 5 heteroatoms. The molecular formula is C15H19ClN2O2. The molecule has 1 aromatic rings. The predicted molar refractivity (Wildman–Crippen MR) is 80.9 cm³/mol. The van der Waals surface area contributed by atoms with Crippen molar-refractivity contribution in [2.75, 3.05) is 27.2 Å². The van der Waals surface area contributed by atoms with E-state index in [-0.39, 0.29) is 18.6 Å². The van der Waals surface area contributed by atoms with Crippen molar-refractivity contribution < 1.29 is 9.90 Å². The number of aliphatic hydroxyl groups excluding tert-OH is 1. The molecule has 1 amide bonds. The van der Waals surface area contributed by atoms with Crippen LogP contribution in [0.15, 0.2) is 18.2 Å². The summed E-state index contributed by atoms with van der Waals surface area (Å²) in [6.45, 7) is 2.49. The average molecular weight is 295 g/mol.